The summed E-state index contributed by atoms with van der Waals surface area (Å²) in [5.41, 5.74) is 0. The van der Waals surface area contributed by atoms with Crippen LogP contribution in [0, 0.1) is 41.7 Å². The van der Waals surface area contributed by atoms with Gasteiger partial charge in [-0.15, -0.1) is 0 Å². The molecule has 0 aromatic heterocycles. The van der Waals surface area contributed by atoms with E-state index in [4.69, 9.17) is 0 Å². The van der Waals surface area contributed by atoms with Crippen molar-refractivity contribution in [3.05, 3.63) is 0 Å². The van der Waals surface area contributed by atoms with Gasteiger partial charge in [-0.05, 0) is 0 Å². The molecule has 1 radical (unpaired) electrons. The molecule has 0 saturated carbocycles. The summed E-state index contributed by atoms with van der Waals surface area (Å²) < 4.78 is 0. The van der Waals surface area contributed by atoms with Gasteiger partial charge in [0.1, 0.15) is 0 Å². The van der Waals surface area contributed by atoms with Crippen molar-refractivity contribution in [1.82, 2.24) is 0 Å². The van der Waals surface area contributed by atoms with Gasteiger partial charge in [0.2, 0.25) is 0 Å². The van der Waals surface area contributed by atoms with Crippen molar-refractivity contribution >= 4 is 0 Å². The van der Waals surface area contributed by atoms with Gasteiger partial charge in [0.25, 0.3) is 0 Å². The summed E-state index contributed by atoms with van der Waals surface area (Å²) in [6, 6.07) is 0. The second kappa shape index (κ2) is 16.2. The quantitative estimate of drug-likeness (QED) is 0.547. The van der Waals surface area contributed by atoms with Crippen molar-refractivity contribution in [3.63, 3.8) is 0 Å². The molecule has 0 bridgehead atoms. The number of hydrogen-bond acceptors (Lipinski definition) is 0. The zero-order chi connectivity index (χ0) is 0. The maximum atomic E-state index is 0. The molecule has 0 unspecified atom stereocenters. The molecule has 0 aromatic carbocycles. The minimum absolute atomic E-state index is 0. The van der Waals surface area contributed by atoms with Gasteiger partial charge in [-0.3, -0.25) is 0 Å². The second-order valence-electron chi connectivity index (χ2n) is 0. The summed E-state index contributed by atoms with van der Waals surface area (Å²) in [5, 5.41) is 0. The Morgan fingerprint density at radius 2 is 1.00 bits per heavy atom. The third-order valence-electron chi connectivity index (χ3n) is 0. The molecule has 0 atom stereocenters. The van der Waals surface area contributed by atoms with E-state index >= 15 is 0 Å². The van der Waals surface area contributed by atoms with Crippen LogP contribution in [0.25, 0.3) is 0 Å². The molecule has 0 heterocycles. The Hall–Kier alpha value is 3.36. The standard InChI is InChI=1S/Ce.Mo.Ti.V. The van der Waals surface area contributed by atoms with Gasteiger partial charge in [0, 0.05) is 103 Å². The van der Waals surface area contributed by atoms with Gasteiger partial charge in [-0.1, -0.05) is 0 Å². The molecule has 0 saturated heterocycles. The summed E-state index contributed by atoms with van der Waals surface area (Å²) in [7, 11) is 0. The molecule has 0 aliphatic heterocycles. The Labute approximate surface area is 101 Å². The van der Waals surface area contributed by atoms with E-state index in [0.29, 0.717) is 0 Å². The average Bonchev–Trinajstić information content (AvgIpc) is 0. The minimum Gasteiger partial charge on any atom is 0 e. The van der Waals surface area contributed by atoms with E-state index in [1.54, 1.807) is 0 Å². The maximum absolute atomic E-state index is 0. The molecule has 0 amide bonds. The van der Waals surface area contributed by atoms with Crippen molar-refractivity contribution < 1.29 is 103 Å². The Morgan fingerprint density at radius 1 is 1.00 bits per heavy atom. The monoisotopic (exact) mass is 337 g/mol. The van der Waals surface area contributed by atoms with Gasteiger partial charge < -0.3 is 0 Å². The first-order chi connectivity index (χ1) is 0. The summed E-state index contributed by atoms with van der Waals surface area (Å²) >= 11 is 0. The van der Waals surface area contributed by atoms with Gasteiger partial charge in [0.05, 0.1) is 0 Å². The average molecular weight is 335 g/mol. The molecule has 4 heteroatoms. The molecule has 4 heavy (non-hydrogen) atoms. The molecule has 0 rings (SSSR count). The first kappa shape index (κ1) is 26.4. The SMILES string of the molecule is [Ce].[Mo].[Ti].[V]. The predicted octanol–water partition coefficient (Wildman–Crippen LogP) is -0.00750. The third-order valence-corrected chi connectivity index (χ3v) is 0. The van der Waals surface area contributed by atoms with Gasteiger partial charge >= 0.3 is 0 Å². The van der Waals surface area contributed by atoms with Crippen LogP contribution in [0.1, 0.15) is 0 Å². The summed E-state index contributed by atoms with van der Waals surface area (Å²) in [6.07, 6.45) is 0. The molecular weight excluding hydrogens is 335 g/mol. The Balaban J connectivity index is 0. The largest absolute Gasteiger partial charge is 0 e. The fourth-order valence-corrected chi connectivity index (χ4v) is 0. The fraction of sp³-hybridized carbons (Fsp3) is 0. The molecule has 19 valence electrons. The Bertz CT molecular complexity index is 8.00. The molecule has 0 aliphatic carbocycles. The molecule has 0 fully saturated rings. The number of hydrogen-bond donors (Lipinski definition) is 0. The van der Waals surface area contributed by atoms with E-state index in [-0.39, 0.29) is 103 Å². The van der Waals surface area contributed by atoms with Crippen molar-refractivity contribution in [3.8, 4) is 0 Å². The smallest absolute Gasteiger partial charge is 0 e. The third kappa shape index (κ3) is 9.03. The first-order valence-electron chi connectivity index (χ1n) is 0. The maximum Gasteiger partial charge on any atom is 0 e. The van der Waals surface area contributed by atoms with Gasteiger partial charge in [-0.2, -0.15) is 0 Å². The molecule has 0 spiro atoms. The summed E-state index contributed by atoms with van der Waals surface area (Å²) in [4.78, 5) is 0. The molecule has 0 aliphatic rings. The Morgan fingerprint density at radius 3 is 1.00 bits per heavy atom. The molecule has 0 aromatic rings. The van der Waals surface area contributed by atoms with Crippen molar-refractivity contribution in [1.29, 1.82) is 0 Å². The van der Waals surface area contributed by atoms with Crippen LogP contribution in [0.3, 0.4) is 0 Å². The van der Waals surface area contributed by atoms with Crippen LogP contribution in [-0.4, -0.2) is 0 Å². The van der Waals surface area contributed by atoms with Crippen LogP contribution >= 0.6 is 0 Å². The van der Waals surface area contributed by atoms with Crippen LogP contribution in [-0.2, 0) is 61.3 Å². The van der Waals surface area contributed by atoms with Crippen molar-refractivity contribution in [2.75, 3.05) is 0 Å². The molecular formula is CeMoTiV. The fourth-order valence-electron chi connectivity index (χ4n) is 0. The zero-order valence-electron chi connectivity index (χ0n) is 1.86. The van der Waals surface area contributed by atoms with E-state index in [2.05, 4.69) is 0 Å². The first-order valence-corrected chi connectivity index (χ1v) is 0. The predicted molar refractivity (Wildman–Crippen MR) is 0 cm³/mol. The minimum atomic E-state index is 0. The second-order valence-corrected chi connectivity index (χ2v) is 0. The summed E-state index contributed by atoms with van der Waals surface area (Å²) in [6.45, 7) is 0. The van der Waals surface area contributed by atoms with E-state index in [0.717, 1.165) is 0 Å². The zero-order valence-corrected chi connectivity index (χ0v) is 9.96. The van der Waals surface area contributed by atoms with Gasteiger partial charge in [0.15, 0.2) is 0 Å². The van der Waals surface area contributed by atoms with Crippen LogP contribution in [0.4, 0.5) is 0 Å². The van der Waals surface area contributed by atoms with E-state index in [9.17, 15) is 0 Å². The molecule has 0 N–H and O–H groups in total. The topological polar surface area (TPSA) is 0 Å². The Kier molecular flexibility index (Phi) is 107. The van der Waals surface area contributed by atoms with Crippen LogP contribution in [0.15, 0.2) is 0 Å². The molecule has 0 nitrogen and oxygen atoms in total. The van der Waals surface area contributed by atoms with Crippen molar-refractivity contribution in [2.24, 2.45) is 0 Å². The van der Waals surface area contributed by atoms with Gasteiger partial charge in [-0.25, -0.2) is 0 Å². The van der Waals surface area contributed by atoms with E-state index in [1.165, 1.54) is 0 Å². The van der Waals surface area contributed by atoms with Crippen molar-refractivity contribution in [2.45, 2.75) is 0 Å². The van der Waals surface area contributed by atoms with E-state index < -0.39 is 0 Å². The van der Waals surface area contributed by atoms with Crippen LogP contribution in [0.2, 0.25) is 0 Å². The van der Waals surface area contributed by atoms with Crippen LogP contribution in [0.5, 0.6) is 0 Å². The van der Waals surface area contributed by atoms with E-state index in [1.807, 2.05) is 0 Å². The number of rotatable bonds is 0. The van der Waals surface area contributed by atoms with Crippen LogP contribution < -0.4 is 0 Å². The summed E-state index contributed by atoms with van der Waals surface area (Å²) in [5.74, 6) is 0. The normalized spacial score (nSPS) is 0.